The van der Waals surface area contributed by atoms with Crippen LogP contribution in [0, 0.1) is 0 Å². The van der Waals surface area contributed by atoms with Crippen molar-refractivity contribution >= 4 is 34.6 Å². The van der Waals surface area contributed by atoms with Crippen LogP contribution in [-0.2, 0) is 11.0 Å². The van der Waals surface area contributed by atoms with Gasteiger partial charge in [0.25, 0.3) is 5.91 Å². The van der Waals surface area contributed by atoms with Gasteiger partial charge in [-0.15, -0.1) is 0 Å². The Kier molecular flexibility index (Phi) is 5.41. The first-order chi connectivity index (χ1) is 12.7. The van der Waals surface area contributed by atoms with Crippen molar-refractivity contribution in [3.63, 3.8) is 0 Å². The molecule has 0 unspecified atom stereocenters. The van der Waals surface area contributed by atoms with Crippen LogP contribution in [0.5, 0.6) is 0 Å². The summed E-state index contributed by atoms with van der Waals surface area (Å²) in [5.41, 5.74) is 1.43. The summed E-state index contributed by atoms with van der Waals surface area (Å²) >= 11 is 1.10. The number of amides is 1. The number of nitrogens with zero attached hydrogens (tertiary/aromatic N) is 1. The van der Waals surface area contributed by atoms with Gasteiger partial charge in [0.2, 0.25) is 0 Å². The van der Waals surface area contributed by atoms with E-state index in [1.807, 2.05) is 24.3 Å². The van der Waals surface area contributed by atoms with E-state index in [1.165, 1.54) is 17.7 Å². The first kappa shape index (κ1) is 19.2. The third kappa shape index (κ3) is 4.80. The summed E-state index contributed by atoms with van der Waals surface area (Å²) < 4.78 is 38.4. The van der Waals surface area contributed by atoms with Gasteiger partial charge < -0.3 is 5.32 Å². The molecule has 0 radical (unpaired) electrons. The molecule has 1 aliphatic rings. The van der Waals surface area contributed by atoms with Gasteiger partial charge >= 0.3 is 6.18 Å². The second-order valence-electron chi connectivity index (χ2n) is 6.35. The Labute approximate surface area is 159 Å². The highest BCUT2D eigenvalue weighted by Gasteiger charge is 2.30. The van der Waals surface area contributed by atoms with Crippen LogP contribution in [0.1, 0.15) is 36.5 Å². The first-order valence-corrected chi connectivity index (χ1v) is 9.11. The summed E-state index contributed by atoms with van der Waals surface area (Å²) in [4.78, 5) is 16.7. The van der Waals surface area contributed by atoms with Crippen LogP contribution in [0.15, 0.2) is 58.4 Å². The van der Waals surface area contributed by atoms with Gasteiger partial charge in [0.15, 0.2) is 5.17 Å². The Morgan fingerprint density at radius 3 is 2.44 bits per heavy atom. The second kappa shape index (κ2) is 7.60. The van der Waals surface area contributed by atoms with Crippen molar-refractivity contribution in [1.82, 2.24) is 5.32 Å². The molecule has 1 saturated heterocycles. The smallest absolute Gasteiger partial charge is 0.300 e. The van der Waals surface area contributed by atoms with Crippen LogP contribution in [0.25, 0.3) is 6.08 Å². The van der Waals surface area contributed by atoms with Crippen LogP contribution >= 0.6 is 11.8 Å². The monoisotopic (exact) mass is 390 g/mol. The number of thioether (sulfide) groups is 1. The SMILES string of the molecule is CC(C)c1ccc(C=C2SC(=Nc3cccc(C(F)(F)F)c3)NC2=O)cc1. The molecule has 1 amide bonds. The number of carbonyl (C=O) groups is 1. The van der Waals surface area contributed by atoms with Gasteiger partial charge in [0, 0.05) is 0 Å². The normalized spacial score (nSPS) is 17.8. The van der Waals surface area contributed by atoms with Crippen molar-refractivity contribution in [3.05, 3.63) is 70.1 Å². The number of hydrogen-bond acceptors (Lipinski definition) is 3. The summed E-state index contributed by atoms with van der Waals surface area (Å²) in [6, 6.07) is 12.6. The maximum Gasteiger partial charge on any atom is 0.416 e. The molecular formula is C20H17F3N2OS. The van der Waals surface area contributed by atoms with Crippen LogP contribution in [0.4, 0.5) is 18.9 Å². The topological polar surface area (TPSA) is 41.5 Å². The van der Waals surface area contributed by atoms with E-state index in [4.69, 9.17) is 0 Å². The fourth-order valence-corrected chi connectivity index (χ4v) is 3.32. The molecule has 0 bridgehead atoms. The van der Waals surface area contributed by atoms with E-state index < -0.39 is 11.7 Å². The zero-order valence-corrected chi connectivity index (χ0v) is 15.5. The Bertz CT molecular complexity index is 916. The molecule has 1 heterocycles. The van der Waals surface area contributed by atoms with E-state index in [1.54, 1.807) is 6.08 Å². The number of halogens is 3. The molecule has 1 aliphatic heterocycles. The van der Waals surface area contributed by atoms with Crippen molar-refractivity contribution in [2.45, 2.75) is 25.9 Å². The van der Waals surface area contributed by atoms with Gasteiger partial charge in [-0.05, 0) is 53.1 Å². The van der Waals surface area contributed by atoms with Crippen molar-refractivity contribution in [2.75, 3.05) is 0 Å². The largest absolute Gasteiger partial charge is 0.416 e. The standard InChI is InChI=1S/C20H17F3N2OS/c1-12(2)14-8-6-13(7-9-14)10-17-18(26)25-19(27-17)24-16-5-3-4-15(11-16)20(21,22)23/h3-12H,1-2H3,(H,24,25,26). The third-order valence-electron chi connectivity index (χ3n) is 3.96. The molecule has 2 aromatic carbocycles. The van der Waals surface area contributed by atoms with Crippen LogP contribution < -0.4 is 5.32 Å². The van der Waals surface area contributed by atoms with Crippen molar-refractivity contribution in [1.29, 1.82) is 0 Å². The Balaban J connectivity index is 1.80. The van der Waals surface area contributed by atoms with Crippen molar-refractivity contribution in [2.24, 2.45) is 4.99 Å². The number of rotatable bonds is 3. The van der Waals surface area contributed by atoms with E-state index in [0.29, 0.717) is 10.8 Å². The maximum absolute atomic E-state index is 12.8. The maximum atomic E-state index is 12.8. The molecular weight excluding hydrogens is 373 g/mol. The van der Waals surface area contributed by atoms with Crippen LogP contribution in [0.3, 0.4) is 0 Å². The average molecular weight is 390 g/mol. The highest BCUT2D eigenvalue weighted by Crippen LogP contribution is 2.33. The van der Waals surface area contributed by atoms with Crippen LogP contribution in [-0.4, -0.2) is 11.1 Å². The van der Waals surface area contributed by atoms with Crippen LogP contribution in [0.2, 0.25) is 0 Å². The van der Waals surface area contributed by atoms with E-state index in [9.17, 15) is 18.0 Å². The molecule has 3 nitrogen and oxygen atoms in total. The number of nitrogens with one attached hydrogen (secondary N) is 1. The second-order valence-corrected chi connectivity index (χ2v) is 7.38. The number of amidine groups is 1. The highest BCUT2D eigenvalue weighted by molar-refractivity contribution is 8.18. The minimum Gasteiger partial charge on any atom is -0.300 e. The summed E-state index contributed by atoms with van der Waals surface area (Å²) in [6.07, 6.45) is -2.70. The fourth-order valence-electron chi connectivity index (χ4n) is 2.48. The zero-order chi connectivity index (χ0) is 19.6. The van der Waals surface area contributed by atoms with E-state index >= 15 is 0 Å². The molecule has 27 heavy (non-hydrogen) atoms. The lowest BCUT2D eigenvalue weighted by Crippen LogP contribution is -2.19. The predicted octanol–water partition coefficient (Wildman–Crippen LogP) is 5.72. The van der Waals surface area contributed by atoms with Gasteiger partial charge in [0.1, 0.15) is 0 Å². The molecule has 0 saturated carbocycles. The average Bonchev–Trinajstić information content (AvgIpc) is 2.94. The molecule has 0 atom stereocenters. The van der Waals surface area contributed by atoms with Gasteiger partial charge in [-0.3, -0.25) is 4.79 Å². The molecule has 3 rings (SSSR count). The highest BCUT2D eigenvalue weighted by atomic mass is 32.2. The Morgan fingerprint density at radius 2 is 1.81 bits per heavy atom. The van der Waals surface area contributed by atoms with E-state index in [0.717, 1.165) is 29.5 Å². The number of aliphatic imine (C=N–C) groups is 1. The van der Waals surface area contributed by atoms with E-state index in [2.05, 4.69) is 24.2 Å². The quantitative estimate of drug-likeness (QED) is 0.681. The van der Waals surface area contributed by atoms with Gasteiger partial charge in [0.05, 0.1) is 16.2 Å². The molecule has 140 valence electrons. The Hall–Kier alpha value is -2.54. The first-order valence-electron chi connectivity index (χ1n) is 8.29. The summed E-state index contributed by atoms with van der Waals surface area (Å²) in [5.74, 6) is 0.0979. The molecule has 0 spiro atoms. The molecule has 1 fully saturated rings. The Morgan fingerprint density at radius 1 is 1.11 bits per heavy atom. The van der Waals surface area contributed by atoms with Gasteiger partial charge in [-0.1, -0.05) is 44.2 Å². The molecule has 2 aromatic rings. The molecule has 1 N–H and O–H groups in total. The molecule has 0 aromatic heterocycles. The van der Waals surface area contributed by atoms with Crippen molar-refractivity contribution in [3.8, 4) is 0 Å². The summed E-state index contributed by atoms with van der Waals surface area (Å²) in [6.45, 7) is 4.20. The zero-order valence-electron chi connectivity index (χ0n) is 14.7. The van der Waals surface area contributed by atoms with E-state index in [-0.39, 0.29) is 16.8 Å². The van der Waals surface area contributed by atoms with Gasteiger partial charge in [-0.25, -0.2) is 4.99 Å². The number of carbonyl (C=O) groups excluding carboxylic acids is 1. The summed E-state index contributed by atoms with van der Waals surface area (Å²) in [7, 11) is 0. The molecule has 0 aliphatic carbocycles. The lowest BCUT2D eigenvalue weighted by Gasteiger charge is -2.06. The fraction of sp³-hybridized carbons (Fsp3) is 0.200. The predicted molar refractivity (Wildman–Crippen MR) is 103 cm³/mol. The summed E-state index contributed by atoms with van der Waals surface area (Å²) in [5, 5.41) is 2.84. The number of hydrogen-bond donors (Lipinski definition) is 1. The van der Waals surface area contributed by atoms with Crippen molar-refractivity contribution < 1.29 is 18.0 Å². The number of benzene rings is 2. The lowest BCUT2D eigenvalue weighted by atomic mass is 10.0. The third-order valence-corrected chi connectivity index (χ3v) is 4.87. The molecule has 7 heteroatoms. The number of alkyl halides is 3. The lowest BCUT2D eigenvalue weighted by molar-refractivity contribution is -0.137. The van der Waals surface area contributed by atoms with Gasteiger partial charge in [-0.2, -0.15) is 13.2 Å². The minimum atomic E-state index is -4.44. The minimum absolute atomic E-state index is 0.134.